The molecule has 0 spiro atoms. The van der Waals surface area contributed by atoms with Gasteiger partial charge in [-0.1, -0.05) is 19.9 Å². The van der Waals surface area contributed by atoms with Crippen LogP contribution in [0.2, 0.25) is 0 Å². The number of thioether (sulfide) groups is 1. The van der Waals surface area contributed by atoms with E-state index in [1.807, 2.05) is 11.8 Å². The average molecular weight is 328 g/mol. The number of hydrogen-bond donors (Lipinski definition) is 3. The standard InChI is InChI=1S/C15H25N3OS2/c1-14(2,12-5-4-7-21-12)9-17-13(16-3)18-10-15(19)6-8-20-11-15/h4-5,7,19H,6,8-11H2,1-3H3,(H2,16,17,18). The highest BCUT2D eigenvalue weighted by molar-refractivity contribution is 7.99. The maximum Gasteiger partial charge on any atom is 0.191 e. The van der Waals surface area contributed by atoms with Gasteiger partial charge in [0.1, 0.15) is 0 Å². The van der Waals surface area contributed by atoms with E-state index < -0.39 is 5.60 Å². The molecule has 1 aliphatic heterocycles. The molecule has 0 amide bonds. The Hall–Kier alpha value is -0.720. The average Bonchev–Trinajstić information content (AvgIpc) is 3.11. The van der Waals surface area contributed by atoms with Crippen LogP contribution in [-0.4, -0.2) is 48.3 Å². The molecule has 1 unspecified atom stereocenters. The van der Waals surface area contributed by atoms with Gasteiger partial charge in [0, 0.05) is 36.2 Å². The van der Waals surface area contributed by atoms with E-state index in [-0.39, 0.29) is 5.41 Å². The zero-order valence-electron chi connectivity index (χ0n) is 13.0. The lowest BCUT2D eigenvalue weighted by Crippen LogP contribution is -2.49. The number of aliphatic hydroxyl groups is 1. The van der Waals surface area contributed by atoms with Crippen molar-refractivity contribution in [2.24, 2.45) is 4.99 Å². The van der Waals surface area contributed by atoms with E-state index in [1.54, 1.807) is 18.4 Å². The van der Waals surface area contributed by atoms with E-state index in [2.05, 4.69) is 47.0 Å². The number of aliphatic imine (C=N–C) groups is 1. The molecule has 6 heteroatoms. The molecule has 2 heterocycles. The second kappa shape index (κ2) is 7.03. The SMILES string of the molecule is CN=C(NCC1(O)CCSC1)NCC(C)(C)c1cccs1. The largest absolute Gasteiger partial charge is 0.387 e. The van der Waals surface area contributed by atoms with Gasteiger partial charge in [-0.3, -0.25) is 4.99 Å². The molecule has 1 fully saturated rings. The second-order valence-corrected chi connectivity index (χ2v) is 8.22. The van der Waals surface area contributed by atoms with Crippen LogP contribution >= 0.6 is 23.1 Å². The zero-order chi connectivity index (χ0) is 15.3. The normalized spacial score (nSPS) is 23.3. The van der Waals surface area contributed by atoms with Gasteiger partial charge < -0.3 is 15.7 Å². The maximum absolute atomic E-state index is 10.3. The third kappa shape index (κ3) is 4.63. The molecule has 0 bridgehead atoms. The minimum atomic E-state index is -0.592. The van der Waals surface area contributed by atoms with Crippen molar-refractivity contribution >= 4 is 29.1 Å². The van der Waals surface area contributed by atoms with Gasteiger partial charge in [-0.25, -0.2) is 0 Å². The lowest BCUT2D eigenvalue weighted by molar-refractivity contribution is 0.0724. The number of nitrogens with one attached hydrogen (secondary N) is 2. The third-order valence-corrected chi connectivity index (χ3v) is 6.25. The Bertz CT molecular complexity index is 465. The number of nitrogens with zero attached hydrogens (tertiary/aromatic N) is 1. The van der Waals surface area contributed by atoms with Crippen molar-refractivity contribution in [2.75, 3.05) is 31.6 Å². The minimum absolute atomic E-state index is 0.0614. The Labute approximate surface area is 135 Å². The van der Waals surface area contributed by atoms with E-state index in [4.69, 9.17) is 0 Å². The van der Waals surface area contributed by atoms with Crippen molar-refractivity contribution in [3.8, 4) is 0 Å². The van der Waals surface area contributed by atoms with Gasteiger partial charge in [0.25, 0.3) is 0 Å². The Morgan fingerprint density at radius 3 is 2.86 bits per heavy atom. The van der Waals surface area contributed by atoms with E-state index in [1.165, 1.54) is 4.88 Å². The molecule has 0 aliphatic carbocycles. The summed E-state index contributed by atoms with van der Waals surface area (Å²) < 4.78 is 0. The predicted molar refractivity (Wildman–Crippen MR) is 93.6 cm³/mol. The van der Waals surface area contributed by atoms with Crippen molar-refractivity contribution in [3.63, 3.8) is 0 Å². The molecule has 1 aromatic rings. The number of guanidine groups is 1. The molecule has 2 rings (SSSR count). The van der Waals surface area contributed by atoms with Crippen LogP contribution in [0.3, 0.4) is 0 Å². The molecule has 0 aromatic carbocycles. The molecule has 1 atom stereocenters. The second-order valence-electron chi connectivity index (χ2n) is 6.17. The van der Waals surface area contributed by atoms with Gasteiger partial charge >= 0.3 is 0 Å². The Kier molecular flexibility index (Phi) is 5.57. The van der Waals surface area contributed by atoms with Crippen LogP contribution in [0.5, 0.6) is 0 Å². The van der Waals surface area contributed by atoms with Crippen LogP contribution in [0, 0.1) is 0 Å². The third-order valence-electron chi connectivity index (χ3n) is 3.78. The Morgan fingerprint density at radius 1 is 1.48 bits per heavy atom. The number of hydrogen-bond acceptors (Lipinski definition) is 4. The highest BCUT2D eigenvalue weighted by atomic mass is 32.2. The molecule has 1 aromatic heterocycles. The van der Waals surface area contributed by atoms with Crippen LogP contribution < -0.4 is 10.6 Å². The van der Waals surface area contributed by atoms with E-state index in [0.29, 0.717) is 6.54 Å². The van der Waals surface area contributed by atoms with Crippen LogP contribution in [0.25, 0.3) is 0 Å². The predicted octanol–water partition coefficient (Wildman–Crippen LogP) is 2.06. The molecule has 4 nitrogen and oxygen atoms in total. The fourth-order valence-corrected chi connectivity index (χ4v) is 4.41. The van der Waals surface area contributed by atoms with Crippen LogP contribution in [0.15, 0.2) is 22.5 Å². The molecule has 1 saturated heterocycles. The van der Waals surface area contributed by atoms with Crippen molar-refractivity contribution in [3.05, 3.63) is 22.4 Å². The summed E-state index contributed by atoms with van der Waals surface area (Å²) in [5.74, 6) is 2.60. The highest BCUT2D eigenvalue weighted by Crippen LogP contribution is 2.27. The lowest BCUT2D eigenvalue weighted by atomic mass is 9.91. The molecular formula is C15H25N3OS2. The van der Waals surface area contributed by atoms with Crippen molar-refractivity contribution in [2.45, 2.75) is 31.3 Å². The molecule has 0 saturated carbocycles. The summed E-state index contributed by atoms with van der Waals surface area (Å²) in [6.07, 6.45) is 0.850. The lowest BCUT2D eigenvalue weighted by Gasteiger charge is -2.27. The van der Waals surface area contributed by atoms with Crippen LogP contribution in [0.1, 0.15) is 25.1 Å². The Morgan fingerprint density at radius 2 is 2.29 bits per heavy atom. The van der Waals surface area contributed by atoms with E-state index >= 15 is 0 Å². The number of rotatable bonds is 5. The van der Waals surface area contributed by atoms with E-state index in [9.17, 15) is 5.11 Å². The highest BCUT2D eigenvalue weighted by Gasteiger charge is 2.31. The summed E-state index contributed by atoms with van der Waals surface area (Å²) in [5, 5.41) is 19.1. The first-order valence-electron chi connectivity index (χ1n) is 7.24. The monoisotopic (exact) mass is 327 g/mol. The van der Waals surface area contributed by atoms with Gasteiger partial charge in [-0.2, -0.15) is 11.8 Å². The summed E-state index contributed by atoms with van der Waals surface area (Å²) in [5.41, 5.74) is -0.530. The van der Waals surface area contributed by atoms with Crippen molar-refractivity contribution in [1.82, 2.24) is 10.6 Å². The first kappa shape index (κ1) is 16.6. The molecular weight excluding hydrogens is 302 g/mol. The van der Waals surface area contributed by atoms with Crippen LogP contribution in [-0.2, 0) is 5.41 Å². The fourth-order valence-electron chi connectivity index (χ4n) is 2.26. The topological polar surface area (TPSA) is 56.7 Å². The molecule has 0 radical (unpaired) electrons. The molecule has 21 heavy (non-hydrogen) atoms. The first-order chi connectivity index (χ1) is 9.95. The molecule has 3 N–H and O–H groups in total. The fraction of sp³-hybridized carbons (Fsp3) is 0.667. The van der Waals surface area contributed by atoms with Gasteiger partial charge in [0.05, 0.1) is 5.60 Å². The molecule has 118 valence electrons. The summed E-state index contributed by atoms with van der Waals surface area (Å²) in [6.45, 7) is 5.81. The summed E-state index contributed by atoms with van der Waals surface area (Å²) in [4.78, 5) is 5.60. The van der Waals surface area contributed by atoms with Gasteiger partial charge in [-0.05, 0) is 23.6 Å². The first-order valence-corrected chi connectivity index (χ1v) is 9.27. The van der Waals surface area contributed by atoms with Crippen molar-refractivity contribution < 1.29 is 5.11 Å². The summed E-state index contributed by atoms with van der Waals surface area (Å²) >= 11 is 3.59. The van der Waals surface area contributed by atoms with Crippen molar-refractivity contribution in [1.29, 1.82) is 0 Å². The summed E-state index contributed by atoms with van der Waals surface area (Å²) in [7, 11) is 1.76. The van der Waals surface area contributed by atoms with Gasteiger partial charge in [-0.15, -0.1) is 11.3 Å². The molecule has 1 aliphatic rings. The zero-order valence-corrected chi connectivity index (χ0v) is 14.6. The van der Waals surface area contributed by atoms with Gasteiger partial charge in [0.15, 0.2) is 5.96 Å². The quantitative estimate of drug-likeness (QED) is 0.572. The number of thiophene rings is 1. The summed E-state index contributed by atoms with van der Waals surface area (Å²) in [6, 6.07) is 4.25. The maximum atomic E-state index is 10.3. The van der Waals surface area contributed by atoms with Crippen LogP contribution in [0.4, 0.5) is 0 Å². The minimum Gasteiger partial charge on any atom is -0.387 e. The smallest absolute Gasteiger partial charge is 0.191 e. The van der Waals surface area contributed by atoms with E-state index in [0.717, 1.165) is 30.4 Å². The van der Waals surface area contributed by atoms with Gasteiger partial charge in [0.2, 0.25) is 0 Å². The Balaban J connectivity index is 1.83.